The van der Waals surface area contributed by atoms with Gasteiger partial charge in [-0.3, -0.25) is 0 Å². The standard InChI is InChI=1S/C21H25.C12H11.C3H6.2ClH.Zr/c1-20(2,3)16-7-9-18-14(12-16)11-15-13-17(21(4,5)6)8-10-19(15)18;1-10-7-8-12(9-10)11-5-3-2-4-6-11;1-3-2;;;/h7-10,12H,11H2,1-6H3;2-9H,1H3;1-2H3;2*1H;/q2*-1;;;;+2/p-2. The second-order valence-corrected chi connectivity index (χ2v) is 14.8. The Labute approximate surface area is 265 Å². The van der Waals surface area contributed by atoms with Gasteiger partial charge < -0.3 is 24.8 Å². The van der Waals surface area contributed by atoms with Crippen molar-refractivity contribution in [1.29, 1.82) is 0 Å². The normalized spacial score (nSPS) is 11.4. The van der Waals surface area contributed by atoms with Gasteiger partial charge in [-0.1, -0.05) is 108 Å². The van der Waals surface area contributed by atoms with Crippen LogP contribution in [0, 0.1) is 13.0 Å². The molecule has 0 amide bonds. The molecule has 0 bridgehead atoms. The van der Waals surface area contributed by atoms with E-state index in [0.29, 0.717) is 0 Å². The number of hydrogen-bond acceptors (Lipinski definition) is 0. The van der Waals surface area contributed by atoms with E-state index in [4.69, 9.17) is 0 Å². The molecule has 206 valence electrons. The topological polar surface area (TPSA) is 0 Å². The van der Waals surface area contributed by atoms with E-state index in [1.165, 1.54) is 53.3 Å². The van der Waals surface area contributed by atoms with Crippen LogP contribution in [-0.4, -0.2) is 3.21 Å². The SMILES string of the molecule is CC(C)(C)c1[c-]c2c(cc1)-c1ccc(C(C)(C)C)cc1C2.C[C](C)=[Zr+2].Cc1cc(-c2ccccc2)c[cH-]1.[Cl-].[Cl-]. The third-order valence-electron chi connectivity index (χ3n) is 6.48. The maximum Gasteiger partial charge on any atom is -0.0623 e. The minimum Gasteiger partial charge on any atom is -1.00 e. The molecule has 1 aliphatic rings. The number of halogens is 2. The summed E-state index contributed by atoms with van der Waals surface area (Å²) in [5.41, 5.74) is 12.6. The first-order chi connectivity index (χ1) is 17.3. The van der Waals surface area contributed by atoms with Crippen LogP contribution >= 0.6 is 0 Å². The Kier molecular flexibility index (Phi) is 13.4. The third-order valence-corrected chi connectivity index (χ3v) is 6.48. The molecule has 0 nitrogen and oxygen atoms in total. The summed E-state index contributed by atoms with van der Waals surface area (Å²) in [5.74, 6) is 0. The van der Waals surface area contributed by atoms with E-state index in [1.54, 1.807) is 24.2 Å². The van der Waals surface area contributed by atoms with Gasteiger partial charge in [-0.15, -0.1) is 11.1 Å². The van der Waals surface area contributed by atoms with Gasteiger partial charge in [0.25, 0.3) is 0 Å². The van der Waals surface area contributed by atoms with E-state index < -0.39 is 0 Å². The van der Waals surface area contributed by atoms with Crippen molar-refractivity contribution in [2.24, 2.45) is 0 Å². The molecule has 39 heavy (non-hydrogen) atoms. The number of rotatable bonds is 1. The van der Waals surface area contributed by atoms with Crippen LogP contribution in [0.3, 0.4) is 0 Å². The second kappa shape index (κ2) is 14.8. The van der Waals surface area contributed by atoms with E-state index in [2.05, 4.69) is 141 Å². The van der Waals surface area contributed by atoms with E-state index in [9.17, 15) is 0 Å². The van der Waals surface area contributed by atoms with Crippen molar-refractivity contribution in [2.45, 2.75) is 79.6 Å². The van der Waals surface area contributed by atoms with Crippen molar-refractivity contribution in [3.8, 4) is 22.3 Å². The molecule has 4 aromatic carbocycles. The average molecular weight is 637 g/mol. The first-order valence-electron chi connectivity index (χ1n) is 13.3. The van der Waals surface area contributed by atoms with Crippen LogP contribution in [0.15, 0.2) is 78.9 Å². The van der Waals surface area contributed by atoms with Crippen molar-refractivity contribution in [3.63, 3.8) is 0 Å². The molecule has 0 aromatic heterocycles. The largest absolute Gasteiger partial charge is 1.00 e. The van der Waals surface area contributed by atoms with Gasteiger partial charge in [0.1, 0.15) is 0 Å². The van der Waals surface area contributed by atoms with Gasteiger partial charge in [0.2, 0.25) is 0 Å². The Balaban J connectivity index is 0.000000360. The summed E-state index contributed by atoms with van der Waals surface area (Å²) in [4.78, 5) is 0. The predicted molar refractivity (Wildman–Crippen MR) is 159 cm³/mol. The zero-order chi connectivity index (χ0) is 27.4. The Bertz CT molecular complexity index is 1280. The molecule has 0 saturated heterocycles. The average Bonchev–Trinajstić information content (AvgIpc) is 3.41. The van der Waals surface area contributed by atoms with Crippen LogP contribution in [0.4, 0.5) is 0 Å². The van der Waals surface area contributed by atoms with Gasteiger partial charge in [-0.05, 0) is 28.4 Å². The molecule has 5 rings (SSSR count). The molecule has 0 aliphatic heterocycles. The molecule has 0 heterocycles. The summed E-state index contributed by atoms with van der Waals surface area (Å²) in [6, 6.07) is 32.1. The summed E-state index contributed by atoms with van der Waals surface area (Å²) in [6.07, 6.45) is 1.03. The van der Waals surface area contributed by atoms with E-state index >= 15 is 0 Å². The molecule has 0 atom stereocenters. The molecule has 0 radical (unpaired) electrons. The summed E-state index contributed by atoms with van der Waals surface area (Å²) in [7, 11) is 0. The van der Waals surface area contributed by atoms with Crippen LogP contribution < -0.4 is 24.8 Å². The fourth-order valence-electron chi connectivity index (χ4n) is 4.40. The smallest absolute Gasteiger partial charge is 0.0623 e. The van der Waals surface area contributed by atoms with Crippen LogP contribution in [-0.2, 0) is 41.5 Å². The van der Waals surface area contributed by atoms with Crippen molar-refractivity contribution >= 4 is 3.21 Å². The molecular formula is C36H42Cl2Zr-2. The van der Waals surface area contributed by atoms with Crippen molar-refractivity contribution < 1.29 is 49.0 Å². The predicted octanol–water partition coefficient (Wildman–Crippen LogP) is 3.79. The summed E-state index contributed by atoms with van der Waals surface area (Å²) in [6.45, 7) is 20.0. The van der Waals surface area contributed by atoms with E-state index in [0.717, 1.165) is 6.42 Å². The van der Waals surface area contributed by atoms with Crippen molar-refractivity contribution in [2.75, 3.05) is 0 Å². The molecule has 0 unspecified atom stereocenters. The van der Waals surface area contributed by atoms with Gasteiger partial charge >= 0.3 is 41.3 Å². The molecular weight excluding hydrogens is 595 g/mol. The van der Waals surface area contributed by atoms with Crippen LogP contribution in [0.1, 0.15) is 83.2 Å². The molecule has 0 fully saturated rings. The fourth-order valence-corrected chi connectivity index (χ4v) is 4.40. The van der Waals surface area contributed by atoms with Crippen LogP contribution in [0.5, 0.6) is 0 Å². The molecule has 1 aliphatic carbocycles. The Morgan fingerprint density at radius 1 is 0.769 bits per heavy atom. The van der Waals surface area contributed by atoms with Crippen LogP contribution in [0.25, 0.3) is 22.3 Å². The third kappa shape index (κ3) is 10.0. The molecule has 4 aromatic rings. The van der Waals surface area contributed by atoms with Gasteiger partial charge in [0.05, 0.1) is 0 Å². The summed E-state index contributed by atoms with van der Waals surface area (Å²) < 4.78 is 1.51. The zero-order valence-corrected chi connectivity index (χ0v) is 28.9. The number of aryl methyl sites for hydroxylation is 1. The minimum atomic E-state index is 0. The van der Waals surface area contributed by atoms with Crippen molar-refractivity contribution in [1.82, 2.24) is 0 Å². The van der Waals surface area contributed by atoms with Gasteiger partial charge in [-0.25, -0.2) is 6.07 Å². The first kappa shape index (κ1) is 35.4. The number of benzene rings is 3. The summed E-state index contributed by atoms with van der Waals surface area (Å²) >= 11 is 1.55. The Morgan fingerprint density at radius 2 is 1.36 bits per heavy atom. The maximum atomic E-state index is 3.67. The monoisotopic (exact) mass is 634 g/mol. The molecule has 0 saturated carbocycles. The minimum absolute atomic E-state index is 0. The number of fused-ring (bicyclic) bond motifs is 3. The zero-order valence-electron chi connectivity index (χ0n) is 25.0. The molecule has 0 N–H and O–H groups in total. The maximum absolute atomic E-state index is 3.67. The quantitative estimate of drug-likeness (QED) is 0.246. The summed E-state index contributed by atoms with van der Waals surface area (Å²) in [5, 5.41) is 0. The van der Waals surface area contributed by atoms with E-state index in [1.807, 2.05) is 6.07 Å². The van der Waals surface area contributed by atoms with E-state index in [-0.39, 0.29) is 35.6 Å². The molecule has 0 spiro atoms. The van der Waals surface area contributed by atoms with Gasteiger partial charge in [-0.2, -0.15) is 47.0 Å². The van der Waals surface area contributed by atoms with Gasteiger partial charge in [0.15, 0.2) is 0 Å². The Hall–Kier alpha value is -1.66. The molecule has 3 heteroatoms. The second-order valence-electron chi connectivity index (χ2n) is 12.4. The first-order valence-corrected chi connectivity index (χ1v) is 14.5. The van der Waals surface area contributed by atoms with Gasteiger partial charge in [0, 0.05) is 0 Å². The fraction of sp³-hybridized carbons (Fsp3) is 0.333. The van der Waals surface area contributed by atoms with Crippen molar-refractivity contribution in [3.05, 3.63) is 113 Å². The van der Waals surface area contributed by atoms with Crippen LogP contribution in [0.2, 0.25) is 0 Å². The number of hydrogen-bond donors (Lipinski definition) is 0. The Morgan fingerprint density at radius 3 is 1.87 bits per heavy atom.